The maximum absolute atomic E-state index is 10.1. The maximum atomic E-state index is 10.1. The number of ether oxygens (including phenoxy) is 3. The second kappa shape index (κ2) is 6.76. The van der Waals surface area contributed by atoms with Gasteiger partial charge >= 0.3 is 0 Å². The van der Waals surface area contributed by atoms with Gasteiger partial charge < -0.3 is 34.6 Å². The zero-order valence-electron chi connectivity index (χ0n) is 13.9. The van der Waals surface area contributed by atoms with Crippen molar-refractivity contribution in [1.82, 2.24) is 0 Å². The molecule has 0 radical (unpaired) electrons. The first kappa shape index (κ1) is 18.8. The number of rotatable bonds is 5. The molecule has 2 fully saturated rings. The van der Waals surface area contributed by atoms with Gasteiger partial charge in [-0.1, -0.05) is 6.08 Å². The van der Waals surface area contributed by atoms with E-state index >= 15 is 0 Å². The molecule has 0 aliphatic carbocycles. The summed E-state index contributed by atoms with van der Waals surface area (Å²) in [6.45, 7) is 9.04. The molecule has 2 heterocycles. The Morgan fingerprint density at radius 1 is 1.26 bits per heavy atom. The molecule has 7 nitrogen and oxygen atoms in total. The molecule has 0 amide bonds. The lowest BCUT2D eigenvalue weighted by molar-refractivity contribution is -0.328. The van der Waals surface area contributed by atoms with Crippen molar-refractivity contribution in [1.29, 1.82) is 0 Å². The van der Waals surface area contributed by atoms with Crippen molar-refractivity contribution in [2.45, 2.75) is 81.6 Å². The summed E-state index contributed by atoms with van der Waals surface area (Å²) in [6.07, 6.45) is -3.61. The molecule has 2 rings (SSSR count). The molecule has 23 heavy (non-hydrogen) atoms. The topological polar surface area (TPSA) is 109 Å². The third-order valence-electron chi connectivity index (χ3n) is 4.73. The molecule has 0 spiro atoms. The average Bonchev–Trinajstić information content (AvgIpc) is 2.88. The van der Waals surface area contributed by atoms with E-state index in [1.54, 1.807) is 13.0 Å². The van der Waals surface area contributed by atoms with E-state index in [0.29, 0.717) is 0 Å². The summed E-state index contributed by atoms with van der Waals surface area (Å²) in [5.74, 6) is 0. The summed E-state index contributed by atoms with van der Waals surface area (Å²) in [4.78, 5) is 0. The maximum Gasteiger partial charge on any atom is 0.187 e. The first-order valence-corrected chi connectivity index (χ1v) is 7.93. The van der Waals surface area contributed by atoms with E-state index in [2.05, 4.69) is 6.58 Å². The third kappa shape index (κ3) is 3.76. The van der Waals surface area contributed by atoms with Crippen LogP contribution in [-0.2, 0) is 14.2 Å². The lowest BCUT2D eigenvalue weighted by Crippen LogP contribution is -2.61. The van der Waals surface area contributed by atoms with Gasteiger partial charge in [0.05, 0.1) is 18.3 Å². The highest BCUT2D eigenvalue weighted by Gasteiger charge is 2.49. The summed E-state index contributed by atoms with van der Waals surface area (Å²) >= 11 is 0. The fourth-order valence-electron chi connectivity index (χ4n) is 3.06. The smallest absolute Gasteiger partial charge is 0.187 e. The zero-order valence-corrected chi connectivity index (χ0v) is 13.9. The molecule has 7 heteroatoms. The van der Waals surface area contributed by atoms with Gasteiger partial charge in [0.25, 0.3) is 0 Å². The van der Waals surface area contributed by atoms with Gasteiger partial charge in [-0.15, -0.1) is 6.58 Å². The molecule has 2 aliphatic rings. The first-order chi connectivity index (χ1) is 10.6. The van der Waals surface area contributed by atoms with Crippen LogP contribution < -0.4 is 0 Å². The van der Waals surface area contributed by atoms with Gasteiger partial charge in [0.1, 0.15) is 30.0 Å². The molecule has 4 N–H and O–H groups in total. The Kier molecular flexibility index (Phi) is 5.52. The Bertz CT molecular complexity index is 425. The van der Waals surface area contributed by atoms with Gasteiger partial charge in [0.15, 0.2) is 6.29 Å². The Morgan fingerprint density at radius 3 is 2.39 bits per heavy atom. The van der Waals surface area contributed by atoms with Crippen LogP contribution in [0.2, 0.25) is 0 Å². The second-order valence-corrected chi connectivity index (χ2v) is 7.11. The summed E-state index contributed by atoms with van der Waals surface area (Å²) < 4.78 is 17.3. The van der Waals surface area contributed by atoms with Crippen molar-refractivity contribution in [3.05, 3.63) is 12.7 Å². The molecule has 0 aromatic rings. The molecule has 0 aromatic carbocycles. The van der Waals surface area contributed by atoms with Crippen molar-refractivity contribution < 1.29 is 34.6 Å². The summed E-state index contributed by atoms with van der Waals surface area (Å²) in [6, 6.07) is 0. The van der Waals surface area contributed by atoms with Crippen molar-refractivity contribution >= 4 is 0 Å². The predicted octanol–water partition coefficient (Wildman–Crippen LogP) is -0.295. The highest BCUT2D eigenvalue weighted by atomic mass is 16.7. The van der Waals surface area contributed by atoms with Crippen molar-refractivity contribution in [2.75, 3.05) is 6.61 Å². The van der Waals surface area contributed by atoms with Crippen LogP contribution in [0.3, 0.4) is 0 Å². The molecule has 0 unspecified atom stereocenters. The average molecular weight is 332 g/mol. The van der Waals surface area contributed by atoms with Crippen LogP contribution in [0, 0.1) is 0 Å². The molecule has 0 saturated carbocycles. The van der Waals surface area contributed by atoms with E-state index in [0.717, 1.165) is 12.8 Å². The Balaban J connectivity index is 2.12. The van der Waals surface area contributed by atoms with E-state index in [1.165, 1.54) is 0 Å². The van der Waals surface area contributed by atoms with Gasteiger partial charge in [-0.05, 0) is 33.6 Å². The van der Waals surface area contributed by atoms with Crippen LogP contribution >= 0.6 is 0 Å². The zero-order chi connectivity index (χ0) is 17.4. The molecule has 7 atom stereocenters. The summed E-state index contributed by atoms with van der Waals surface area (Å²) in [5.41, 5.74) is -1.21. The van der Waals surface area contributed by atoms with Crippen molar-refractivity contribution in [3.63, 3.8) is 0 Å². The standard InChI is InChI=1S/C16H28O7/c1-5-16(4,10-6-7-15(2,3)22-10)23-14-13(20)12(19)11(18)9(8-17)21-14/h5,9-14,17-20H,1,6-8H2,2-4H3/t9-,10-,11-,12+,13-,14+,16+/m1/s1. The minimum atomic E-state index is -1.47. The molecular formula is C16H28O7. The Labute approximate surface area is 136 Å². The molecule has 0 aromatic heterocycles. The van der Waals surface area contributed by atoms with Crippen LogP contribution in [0.1, 0.15) is 33.6 Å². The lowest BCUT2D eigenvalue weighted by Gasteiger charge is -2.44. The van der Waals surface area contributed by atoms with Gasteiger partial charge in [0.2, 0.25) is 0 Å². The van der Waals surface area contributed by atoms with Crippen LogP contribution in [0.4, 0.5) is 0 Å². The Hall–Kier alpha value is -0.540. The van der Waals surface area contributed by atoms with E-state index in [4.69, 9.17) is 14.2 Å². The quantitative estimate of drug-likeness (QED) is 0.512. The molecule has 0 bridgehead atoms. The van der Waals surface area contributed by atoms with E-state index in [1.807, 2.05) is 13.8 Å². The number of aliphatic hydroxyl groups excluding tert-OH is 4. The highest BCUT2D eigenvalue weighted by molar-refractivity contribution is 5.05. The van der Waals surface area contributed by atoms with Gasteiger partial charge in [-0.3, -0.25) is 0 Å². The van der Waals surface area contributed by atoms with Crippen LogP contribution in [0.25, 0.3) is 0 Å². The van der Waals surface area contributed by atoms with Crippen LogP contribution in [-0.4, -0.2) is 75.0 Å². The van der Waals surface area contributed by atoms with Crippen LogP contribution in [0.15, 0.2) is 12.7 Å². The largest absolute Gasteiger partial charge is 0.394 e. The molecule has 2 aliphatic heterocycles. The fourth-order valence-corrected chi connectivity index (χ4v) is 3.06. The molecule has 2 saturated heterocycles. The minimum Gasteiger partial charge on any atom is -0.394 e. The number of aliphatic hydroxyl groups is 4. The monoisotopic (exact) mass is 332 g/mol. The summed E-state index contributed by atoms with van der Waals surface area (Å²) in [5, 5.41) is 39.0. The van der Waals surface area contributed by atoms with Gasteiger partial charge in [-0.25, -0.2) is 0 Å². The van der Waals surface area contributed by atoms with Crippen molar-refractivity contribution in [3.8, 4) is 0 Å². The van der Waals surface area contributed by atoms with Crippen molar-refractivity contribution in [2.24, 2.45) is 0 Å². The minimum absolute atomic E-state index is 0.270. The second-order valence-electron chi connectivity index (χ2n) is 7.11. The third-order valence-corrected chi connectivity index (χ3v) is 4.73. The molecular weight excluding hydrogens is 304 g/mol. The Morgan fingerprint density at radius 2 is 1.91 bits per heavy atom. The number of hydrogen-bond acceptors (Lipinski definition) is 7. The van der Waals surface area contributed by atoms with Gasteiger partial charge in [-0.2, -0.15) is 0 Å². The summed E-state index contributed by atoms with van der Waals surface area (Å²) in [7, 11) is 0. The van der Waals surface area contributed by atoms with E-state index < -0.39 is 42.9 Å². The van der Waals surface area contributed by atoms with E-state index in [-0.39, 0.29) is 11.7 Å². The highest BCUT2D eigenvalue weighted by Crippen LogP contribution is 2.38. The van der Waals surface area contributed by atoms with Gasteiger partial charge in [0, 0.05) is 0 Å². The molecule has 134 valence electrons. The lowest BCUT2D eigenvalue weighted by atomic mass is 9.94. The fraction of sp³-hybridized carbons (Fsp3) is 0.875. The predicted molar refractivity (Wildman–Crippen MR) is 81.6 cm³/mol. The van der Waals surface area contributed by atoms with E-state index in [9.17, 15) is 20.4 Å². The van der Waals surface area contributed by atoms with Crippen LogP contribution in [0.5, 0.6) is 0 Å². The normalized spacial score (nSPS) is 43.1. The first-order valence-electron chi connectivity index (χ1n) is 7.93. The number of hydrogen-bond donors (Lipinski definition) is 4. The SMILES string of the molecule is C=C[C@](C)(O[C@@H]1O[C@H](CO)[C@@H](O)[C@H](O)[C@H]1O)[C@H]1CCC(C)(C)O1.